The average Bonchev–Trinajstić information content (AvgIpc) is 3.28. The average molecular weight is 403 g/mol. The van der Waals surface area contributed by atoms with Crippen LogP contribution in [0.5, 0.6) is 0 Å². The standard InChI is InChI=1S/C22H21N5O3/c1-15-5-6-17-18(14-15)22(30)27(21(17)29)13-9-20(28)24-19-8-12-26(25-19)11-7-16-4-2-3-10-23-16/h2-6,8,10,12,14H,7,9,11,13H2,1H3,(H,24,25,28). The van der Waals surface area contributed by atoms with E-state index in [-0.39, 0.29) is 30.7 Å². The van der Waals surface area contributed by atoms with Gasteiger partial charge in [0, 0.05) is 50.1 Å². The van der Waals surface area contributed by atoms with Crippen LogP contribution in [-0.4, -0.2) is 43.9 Å². The van der Waals surface area contributed by atoms with E-state index in [1.54, 1.807) is 41.3 Å². The van der Waals surface area contributed by atoms with E-state index in [1.165, 1.54) is 0 Å². The van der Waals surface area contributed by atoms with Gasteiger partial charge in [-0.2, -0.15) is 5.10 Å². The van der Waals surface area contributed by atoms with Crippen LogP contribution in [-0.2, 0) is 17.8 Å². The third-order valence-corrected chi connectivity index (χ3v) is 4.92. The summed E-state index contributed by atoms with van der Waals surface area (Å²) in [7, 11) is 0. The number of benzene rings is 1. The predicted molar refractivity (Wildman–Crippen MR) is 110 cm³/mol. The lowest BCUT2D eigenvalue weighted by Crippen LogP contribution is -2.32. The van der Waals surface area contributed by atoms with Gasteiger partial charge >= 0.3 is 0 Å². The molecule has 0 saturated carbocycles. The molecule has 0 fully saturated rings. The molecular weight excluding hydrogens is 382 g/mol. The summed E-state index contributed by atoms with van der Waals surface area (Å²) in [5, 5.41) is 7.04. The van der Waals surface area contributed by atoms with Gasteiger partial charge in [0.25, 0.3) is 11.8 Å². The smallest absolute Gasteiger partial charge is 0.261 e. The summed E-state index contributed by atoms with van der Waals surface area (Å²) < 4.78 is 1.73. The first-order valence-corrected chi connectivity index (χ1v) is 9.71. The van der Waals surface area contributed by atoms with Crippen LogP contribution in [0.15, 0.2) is 54.9 Å². The largest absolute Gasteiger partial charge is 0.309 e. The number of hydrogen-bond donors (Lipinski definition) is 1. The van der Waals surface area contributed by atoms with Crippen molar-refractivity contribution in [2.75, 3.05) is 11.9 Å². The minimum Gasteiger partial charge on any atom is -0.309 e. The monoisotopic (exact) mass is 403 g/mol. The number of carbonyl (C=O) groups is 3. The van der Waals surface area contributed by atoms with Gasteiger partial charge in [-0.25, -0.2) is 0 Å². The summed E-state index contributed by atoms with van der Waals surface area (Å²) >= 11 is 0. The highest BCUT2D eigenvalue weighted by molar-refractivity contribution is 6.21. The van der Waals surface area contributed by atoms with Gasteiger partial charge in [0.15, 0.2) is 5.82 Å². The van der Waals surface area contributed by atoms with Crippen LogP contribution in [0, 0.1) is 6.92 Å². The Balaban J connectivity index is 1.29. The van der Waals surface area contributed by atoms with Gasteiger partial charge in [0.05, 0.1) is 11.1 Å². The predicted octanol–water partition coefficient (Wildman–Crippen LogP) is 2.45. The minimum atomic E-state index is -0.360. The van der Waals surface area contributed by atoms with Crippen LogP contribution >= 0.6 is 0 Å². The number of aryl methyl sites for hydroxylation is 3. The number of rotatable bonds is 7. The number of amides is 3. The highest BCUT2D eigenvalue weighted by atomic mass is 16.2. The molecule has 1 N–H and O–H groups in total. The molecule has 8 nitrogen and oxygen atoms in total. The van der Waals surface area contributed by atoms with E-state index >= 15 is 0 Å². The Kier molecular flexibility index (Phi) is 5.38. The lowest BCUT2D eigenvalue weighted by molar-refractivity contribution is -0.116. The third-order valence-electron chi connectivity index (χ3n) is 4.92. The molecule has 30 heavy (non-hydrogen) atoms. The van der Waals surface area contributed by atoms with Crippen molar-refractivity contribution in [3.8, 4) is 0 Å². The Hall–Kier alpha value is -3.81. The van der Waals surface area contributed by atoms with Gasteiger partial charge in [-0.05, 0) is 31.2 Å². The van der Waals surface area contributed by atoms with E-state index in [4.69, 9.17) is 0 Å². The number of anilines is 1. The molecule has 0 unspecified atom stereocenters. The zero-order valence-electron chi connectivity index (χ0n) is 16.5. The van der Waals surface area contributed by atoms with Crippen molar-refractivity contribution in [3.63, 3.8) is 0 Å². The maximum absolute atomic E-state index is 12.5. The molecule has 0 aliphatic carbocycles. The van der Waals surface area contributed by atoms with Crippen molar-refractivity contribution in [2.45, 2.75) is 26.3 Å². The number of nitrogens with zero attached hydrogens (tertiary/aromatic N) is 4. The van der Waals surface area contributed by atoms with Crippen LogP contribution in [0.2, 0.25) is 0 Å². The number of carbonyl (C=O) groups excluding carboxylic acids is 3. The van der Waals surface area contributed by atoms with E-state index in [0.717, 1.165) is 22.6 Å². The number of aromatic nitrogens is 3. The second kappa shape index (κ2) is 8.28. The first kappa shape index (κ1) is 19.5. The van der Waals surface area contributed by atoms with Crippen LogP contribution < -0.4 is 5.32 Å². The van der Waals surface area contributed by atoms with Crippen LogP contribution in [0.25, 0.3) is 0 Å². The fraction of sp³-hybridized carbons (Fsp3) is 0.227. The first-order chi connectivity index (χ1) is 14.5. The normalized spacial score (nSPS) is 12.9. The molecule has 1 aliphatic rings. The van der Waals surface area contributed by atoms with Crippen LogP contribution in [0.1, 0.15) is 38.4 Å². The van der Waals surface area contributed by atoms with Crippen molar-refractivity contribution < 1.29 is 14.4 Å². The molecule has 3 heterocycles. The van der Waals surface area contributed by atoms with E-state index in [9.17, 15) is 14.4 Å². The van der Waals surface area contributed by atoms with E-state index < -0.39 is 0 Å². The molecule has 8 heteroatoms. The number of hydrogen-bond acceptors (Lipinski definition) is 5. The molecule has 2 aromatic heterocycles. The Morgan fingerprint density at radius 3 is 2.67 bits per heavy atom. The van der Waals surface area contributed by atoms with E-state index in [1.807, 2.05) is 25.1 Å². The van der Waals surface area contributed by atoms with Gasteiger partial charge in [0.1, 0.15) is 0 Å². The molecule has 152 valence electrons. The van der Waals surface area contributed by atoms with Gasteiger partial charge < -0.3 is 5.32 Å². The highest BCUT2D eigenvalue weighted by Crippen LogP contribution is 2.24. The molecular formula is C22H21N5O3. The van der Waals surface area contributed by atoms with Crippen LogP contribution in [0.3, 0.4) is 0 Å². The second-order valence-corrected chi connectivity index (χ2v) is 7.14. The number of fused-ring (bicyclic) bond motifs is 1. The van der Waals surface area contributed by atoms with Crippen molar-refractivity contribution >= 4 is 23.5 Å². The molecule has 4 rings (SSSR count). The molecule has 0 spiro atoms. The lowest BCUT2D eigenvalue weighted by atomic mass is 10.1. The van der Waals surface area contributed by atoms with Gasteiger partial charge in [-0.1, -0.05) is 17.7 Å². The van der Waals surface area contributed by atoms with Crippen molar-refractivity contribution in [1.82, 2.24) is 19.7 Å². The SMILES string of the molecule is Cc1ccc2c(c1)C(=O)N(CCC(=O)Nc1ccn(CCc3ccccn3)n1)C2=O. The second-order valence-electron chi connectivity index (χ2n) is 7.14. The van der Waals surface area contributed by atoms with Crippen molar-refractivity contribution in [1.29, 1.82) is 0 Å². The zero-order chi connectivity index (χ0) is 21.1. The van der Waals surface area contributed by atoms with Gasteiger partial charge in [-0.15, -0.1) is 0 Å². The summed E-state index contributed by atoms with van der Waals surface area (Å²) in [5.74, 6) is -0.594. The Morgan fingerprint density at radius 1 is 1.03 bits per heavy atom. The maximum Gasteiger partial charge on any atom is 0.261 e. The highest BCUT2D eigenvalue weighted by Gasteiger charge is 2.35. The summed E-state index contributed by atoms with van der Waals surface area (Å²) in [6.45, 7) is 2.53. The van der Waals surface area contributed by atoms with Crippen molar-refractivity contribution in [2.24, 2.45) is 0 Å². The maximum atomic E-state index is 12.5. The fourth-order valence-electron chi connectivity index (χ4n) is 3.35. The fourth-order valence-corrected chi connectivity index (χ4v) is 3.35. The van der Waals surface area contributed by atoms with Gasteiger partial charge in [0.2, 0.25) is 5.91 Å². The molecule has 3 aromatic rings. The molecule has 0 bridgehead atoms. The van der Waals surface area contributed by atoms with Crippen molar-refractivity contribution in [3.05, 3.63) is 77.2 Å². The Labute approximate surface area is 173 Å². The molecule has 1 aliphatic heterocycles. The quantitative estimate of drug-likeness (QED) is 0.611. The number of pyridine rings is 1. The van der Waals surface area contributed by atoms with E-state index in [0.29, 0.717) is 23.5 Å². The summed E-state index contributed by atoms with van der Waals surface area (Å²) in [6, 6.07) is 12.6. The summed E-state index contributed by atoms with van der Waals surface area (Å²) in [4.78, 5) is 42.6. The molecule has 0 atom stereocenters. The third kappa shape index (κ3) is 4.12. The topological polar surface area (TPSA) is 97.2 Å². The summed E-state index contributed by atoms with van der Waals surface area (Å²) in [6.07, 6.45) is 4.27. The zero-order valence-corrected chi connectivity index (χ0v) is 16.5. The number of nitrogens with one attached hydrogen (secondary N) is 1. The molecule has 3 amide bonds. The Bertz CT molecular complexity index is 1110. The number of imide groups is 1. The van der Waals surface area contributed by atoms with Gasteiger partial charge in [-0.3, -0.25) is 28.9 Å². The van der Waals surface area contributed by atoms with Crippen LogP contribution in [0.4, 0.5) is 5.82 Å². The molecule has 1 aromatic carbocycles. The Morgan fingerprint density at radius 2 is 1.87 bits per heavy atom. The summed E-state index contributed by atoms with van der Waals surface area (Å²) in [5.41, 5.74) is 2.66. The first-order valence-electron chi connectivity index (χ1n) is 9.71. The molecule has 0 saturated heterocycles. The molecule has 0 radical (unpaired) electrons. The van der Waals surface area contributed by atoms with E-state index in [2.05, 4.69) is 15.4 Å². The minimum absolute atomic E-state index is 0.00520. The lowest BCUT2D eigenvalue weighted by Gasteiger charge is -2.13.